The van der Waals surface area contributed by atoms with Gasteiger partial charge in [0.25, 0.3) is 0 Å². The first-order valence-corrected chi connectivity index (χ1v) is 6.40. The summed E-state index contributed by atoms with van der Waals surface area (Å²) in [7, 11) is 0. The number of aromatic nitrogens is 1. The molecule has 1 atom stereocenters. The van der Waals surface area contributed by atoms with Crippen molar-refractivity contribution in [3.8, 4) is 0 Å². The highest BCUT2D eigenvalue weighted by Gasteiger charge is 2.21. The average Bonchev–Trinajstić information content (AvgIpc) is 2.81. The highest BCUT2D eigenvalue weighted by atomic mass is 14.6. The zero-order valence-corrected chi connectivity index (χ0v) is 9.97. The second kappa shape index (κ2) is 4.70. The Bertz CT molecular complexity index is 490. The van der Waals surface area contributed by atoms with E-state index >= 15 is 0 Å². The van der Waals surface area contributed by atoms with Gasteiger partial charge in [-0.25, -0.2) is 0 Å². The largest absolute Gasteiger partial charge is 0.265 e. The fourth-order valence-electron chi connectivity index (χ4n) is 2.84. The Morgan fingerprint density at radius 2 is 1.88 bits per heavy atom. The molecule has 2 aromatic rings. The van der Waals surface area contributed by atoms with E-state index in [9.17, 15) is 0 Å². The van der Waals surface area contributed by atoms with Gasteiger partial charge in [-0.3, -0.25) is 4.98 Å². The van der Waals surface area contributed by atoms with Crippen molar-refractivity contribution >= 4 is 0 Å². The second-order valence-corrected chi connectivity index (χ2v) is 4.83. The molecule has 0 spiro atoms. The molecule has 0 radical (unpaired) electrons. The van der Waals surface area contributed by atoms with E-state index in [0.717, 1.165) is 5.92 Å². The Morgan fingerprint density at radius 3 is 2.76 bits per heavy atom. The number of benzene rings is 1. The summed E-state index contributed by atoms with van der Waals surface area (Å²) in [5.74, 6) is 0.763. The fourth-order valence-corrected chi connectivity index (χ4v) is 2.84. The Labute approximate surface area is 103 Å². The van der Waals surface area contributed by atoms with Crippen LogP contribution in [0.5, 0.6) is 0 Å². The summed E-state index contributed by atoms with van der Waals surface area (Å²) in [5.41, 5.74) is 4.55. The summed E-state index contributed by atoms with van der Waals surface area (Å²) in [4.78, 5) is 4.06. The molecule has 1 heterocycles. The fraction of sp³-hybridized carbons (Fsp3) is 0.312. The van der Waals surface area contributed by atoms with Gasteiger partial charge in [0.05, 0.1) is 0 Å². The van der Waals surface area contributed by atoms with Crippen molar-refractivity contribution in [1.82, 2.24) is 4.98 Å². The molecule has 0 N–H and O–H groups in total. The molecule has 0 saturated carbocycles. The van der Waals surface area contributed by atoms with Crippen molar-refractivity contribution < 1.29 is 0 Å². The van der Waals surface area contributed by atoms with Crippen LogP contribution in [-0.4, -0.2) is 4.98 Å². The van der Waals surface area contributed by atoms with Crippen molar-refractivity contribution in [2.24, 2.45) is 0 Å². The number of hydrogen-bond donors (Lipinski definition) is 0. The van der Waals surface area contributed by atoms with Crippen LogP contribution in [-0.2, 0) is 12.8 Å². The van der Waals surface area contributed by atoms with Crippen LogP contribution in [0.25, 0.3) is 0 Å². The maximum Gasteiger partial charge on any atom is 0.0270 e. The van der Waals surface area contributed by atoms with E-state index in [1.54, 1.807) is 11.1 Å². The van der Waals surface area contributed by atoms with E-state index in [1.165, 1.54) is 31.2 Å². The highest BCUT2D eigenvalue weighted by Crippen LogP contribution is 2.35. The summed E-state index contributed by atoms with van der Waals surface area (Å²) in [6.07, 6.45) is 8.79. The van der Waals surface area contributed by atoms with E-state index in [0.29, 0.717) is 0 Å². The molecular formula is C16H17N. The zero-order chi connectivity index (χ0) is 11.5. The molecule has 1 aromatic carbocycles. The maximum atomic E-state index is 4.06. The third kappa shape index (κ3) is 2.23. The Hall–Kier alpha value is -1.63. The van der Waals surface area contributed by atoms with Gasteiger partial charge in [0.1, 0.15) is 0 Å². The lowest BCUT2D eigenvalue weighted by Gasteiger charge is -2.11. The lowest BCUT2D eigenvalue weighted by atomic mass is 9.94. The molecule has 1 aliphatic carbocycles. The first kappa shape index (κ1) is 10.5. The second-order valence-electron chi connectivity index (χ2n) is 4.83. The smallest absolute Gasteiger partial charge is 0.0270 e. The quantitative estimate of drug-likeness (QED) is 0.772. The third-order valence-electron chi connectivity index (χ3n) is 3.79. The minimum atomic E-state index is 0.763. The topological polar surface area (TPSA) is 12.9 Å². The van der Waals surface area contributed by atoms with E-state index in [-0.39, 0.29) is 0 Å². The minimum Gasteiger partial charge on any atom is -0.265 e. The maximum absolute atomic E-state index is 4.06. The molecule has 0 amide bonds. The molecule has 1 nitrogen and oxygen atoms in total. The van der Waals surface area contributed by atoms with Crippen LogP contribution in [0.1, 0.15) is 35.4 Å². The number of nitrogens with zero attached hydrogens (tertiary/aromatic N) is 1. The summed E-state index contributed by atoms with van der Waals surface area (Å²) in [6.45, 7) is 0. The molecule has 0 fully saturated rings. The van der Waals surface area contributed by atoms with Crippen LogP contribution in [0.3, 0.4) is 0 Å². The Kier molecular flexibility index (Phi) is 2.91. The number of rotatable bonds is 3. The predicted octanol–water partition coefficient (Wildman–Crippen LogP) is 3.74. The lowest BCUT2D eigenvalue weighted by Crippen LogP contribution is -1.96. The van der Waals surface area contributed by atoms with Gasteiger partial charge in [0.15, 0.2) is 0 Å². The number of hydrogen-bond acceptors (Lipinski definition) is 1. The van der Waals surface area contributed by atoms with Gasteiger partial charge in [-0.05, 0) is 60.4 Å². The SMILES string of the molecule is c1ccc2c(c1)CCC2CCc1ccncc1. The van der Waals surface area contributed by atoms with Gasteiger partial charge in [-0.2, -0.15) is 0 Å². The molecule has 0 aliphatic heterocycles. The van der Waals surface area contributed by atoms with Gasteiger partial charge in [0, 0.05) is 12.4 Å². The van der Waals surface area contributed by atoms with Crippen molar-refractivity contribution in [1.29, 1.82) is 0 Å². The van der Waals surface area contributed by atoms with Crippen molar-refractivity contribution in [2.75, 3.05) is 0 Å². The van der Waals surface area contributed by atoms with Gasteiger partial charge in [0.2, 0.25) is 0 Å². The Balaban J connectivity index is 1.68. The van der Waals surface area contributed by atoms with Gasteiger partial charge in [-0.1, -0.05) is 24.3 Å². The van der Waals surface area contributed by atoms with E-state index in [1.807, 2.05) is 12.4 Å². The molecule has 1 heteroatoms. The summed E-state index contributed by atoms with van der Waals surface area (Å²) < 4.78 is 0. The monoisotopic (exact) mass is 223 g/mol. The Morgan fingerprint density at radius 1 is 1.06 bits per heavy atom. The van der Waals surface area contributed by atoms with Crippen molar-refractivity contribution in [3.05, 3.63) is 65.5 Å². The molecule has 1 unspecified atom stereocenters. The molecule has 86 valence electrons. The summed E-state index contributed by atoms with van der Waals surface area (Å²) >= 11 is 0. The summed E-state index contributed by atoms with van der Waals surface area (Å²) in [5, 5.41) is 0. The molecule has 0 bridgehead atoms. The third-order valence-corrected chi connectivity index (χ3v) is 3.79. The lowest BCUT2D eigenvalue weighted by molar-refractivity contribution is 0.618. The first-order chi connectivity index (χ1) is 8.43. The predicted molar refractivity (Wildman–Crippen MR) is 70.1 cm³/mol. The van der Waals surface area contributed by atoms with Crippen LogP contribution in [0, 0.1) is 0 Å². The highest BCUT2D eigenvalue weighted by molar-refractivity contribution is 5.34. The van der Waals surface area contributed by atoms with Crippen molar-refractivity contribution in [3.63, 3.8) is 0 Å². The zero-order valence-electron chi connectivity index (χ0n) is 9.97. The molecule has 17 heavy (non-hydrogen) atoms. The molecule has 1 aromatic heterocycles. The first-order valence-electron chi connectivity index (χ1n) is 6.40. The standard InChI is InChI=1S/C16H17N/c1-2-4-16-14(3-1)7-8-15(16)6-5-13-9-11-17-12-10-13/h1-4,9-12,15H,5-8H2. The van der Waals surface area contributed by atoms with Crippen LogP contribution in [0.2, 0.25) is 0 Å². The van der Waals surface area contributed by atoms with Crippen LogP contribution in [0.15, 0.2) is 48.8 Å². The van der Waals surface area contributed by atoms with E-state index in [4.69, 9.17) is 0 Å². The molecule has 1 aliphatic rings. The summed E-state index contributed by atoms with van der Waals surface area (Å²) in [6, 6.07) is 13.2. The van der Waals surface area contributed by atoms with E-state index < -0.39 is 0 Å². The minimum absolute atomic E-state index is 0.763. The van der Waals surface area contributed by atoms with Crippen molar-refractivity contribution in [2.45, 2.75) is 31.6 Å². The number of pyridine rings is 1. The normalized spacial score (nSPS) is 18.0. The average molecular weight is 223 g/mol. The molecular weight excluding hydrogens is 206 g/mol. The molecule has 0 saturated heterocycles. The van der Waals surface area contributed by atoms with Gasteiger partial charge >= 0.3 is 0 Å². The molecule has 3 rings (SSSR count). The van der Waals surface area contributed by atoms with Crippen LogP contribution >= 0.6 is 0 Å². The number of aryl methyl sites for hydroxylation is 2. The van der Waals surface area contributed by atoms with E-state index in [2.05, 4.69) is 41.4 Å². The van der Waals surface area contributed by atoms with Crippen LogP contribution in [0.4, 0.5) is 0 Å². The van der Waals surface area contributed by atoms with Gasteiger partial charge in [-0.15, -0.1) is 0 Å². The van der Waals surface area contributed by atoms with Crippen LogP contribution < -0.4 is 0 Å². The van der Waals surface area contributed by atoms with Gasteiger partial charge < -0.3 is 0 Å². The number of fused-ring (bicyclic) bond motifs is 1.